The smallest absolute Gasteiger partial charge is 0.227 e. The second-order valence-electron chi connectivity index (χ2n) is 6.33. The third kappa shape index (κ3) is 3.31. The molecule has 3 aromatic rings. The summed E-state index contributed by atoms with van der Waals surface area (Å²) in [5.74, 6) is 0.874. The Labute approximate surface area is 146 Å². The molecule has 126 valence electrons. The van der Waals surface area contributed by atoms with Crippen molar-refractivity contribution in [3.8, 4) is 0 Å². The van der Waals surface area contributed by atoms with Gasteiger partial charge in [0.25, 0.3) is 0 Å². The Morgan fingerprint density at radius 3 is 2.48 bits per heavy atom. The third-order valence-electron chi connectivity index (χ3n) is 4.75. The van der Waals surface area contributed by atoms with Gasteiger partial charge in [-0.15, -0.1) is 0 Å². The van der Waals surface area contributed by atoms with Crippen LogP contribution in [0.4, 0.5) is 11.6 Å². The van der Waals surface area contributed by atoms with Crippen LogP contribution >= 0.6 is 0 Å². The van der Waals surface area contributed by atoms with Gasteiger partial charge in [-0.2, -0.15) is 0 Å². The van der Waals surface area contributed by atoms with Crippen molar-refractivity contribution in [2.45, 2.75) is 12.8 Å². The average molecular weight is 332 g/mol. The molecule has 0 spiro atoms. The second kappa shape index (κ2) is 6.89. The van der Waals surface area contributed by atoms with Gasteiger partial charge in [0, 0.05) is 42.5 Å². The van der Waals surface area contributed by atoms with Crippen molar-refractivity contribution < 1.29 is 4.79 Å². The first-order chi connectivity index (χ1) is 12.3. The van der Waals surface area contributed by atoms with Crippen LogP contribution in [0, 0.1) is 5.92 Å². The number of piperidine rings is 1. The van der Waals surface area contributed by atoms with Crippen LogP contribution < -0.4 is 10.2 Å². The number of amides is 1. The number of carbonyl (C=O) groups is 1. The zero-order chi connectivity index (χ0) is 17.1. The first-order valence-electron chi connectivity index (χ1n) is 8.62. The number of hydrogen-bond acceptors (Lipinski definition) is 4. The van der Waals surface area contributed by atoms with Crippen molar-refractivity contribution in [3.63, 3.8) is 0 Å². The molecule has 2 heterocycles. The van der Waals surface area contributed by atoms with Gasteiger partial charge >= 0.3 is 0 Å². The van der Waals surface area contributed by atoms with E-state index in [-0.39, 0.29) is 11.8 Å². The zero-order valence-corrected chi connectivity index (χ0v) is 13.9. The topological polar surface area (TPSA) is 58.1 Å². The predicted molar refractivity (Wildman–Crippen MR) is 99.5 cm³/mol. The van der Waals surface area contributed by atoms with Gasteiger partial charge in [0.1, 0.15) is 0 Å². The molecule has 0 atom stereocenters. The van der Waals surface area contributed by atoms with E-state index in [1.165, 1.54) is 0 Å². The first kappa shape index (κ1) is 15.6. The Morgan fingerprint density at radius 2 is 1.68 bits per heavy atom. The Bertz CT molecular complexity index is 868. The fraction of sp³-hybridized carbons (Fsp3) is 0.250. The SMILES string of the molecule is O=C(Nc1cccc2ccccc12)C1CCN(c2ncccn2)CC1. The Balaban J connectivity index is 1.42. The number of carbonyl (C=O) groups excluding carboxylic acids is 1. The molecular formula is C20H20N4O. The van der Waals surface area contributed by atoms with Crippen LogP contribution in [-0.2, 0) is 4.79 Å². The summed E-state index contributed by atoms with van der Waals surface area (Å²) < 4.78 is 0. The number of nitrogens with one attached hydrogen (secondary N) is 1. The molecule has 5 heteroatoms. The Morgan fingerprint density at radius 1 is 0.960 bits per heavy atom. The molecule has 1 aromatic heterocycles. The molecule has 0 radical (unpaired) electrons. The summed E-state index contributed by atoms with van der Waals surface area (Å²) in [4.78, 5) is 23.4. The van der Waals surface area contributed by atoms with Gasteiger partial charge in [0.2, 0.25) is 11.9 Å². The quantitative estimate of drug-likeness (QED) is 0.798. The van der Waals surface area contributed by atoms with E-state index in [1.807, 2.05) is 36.4 Å². The lowest BCUT2D eigenvalue weighted by Gasteiger charge is -2.31. The molecule has 0 unspecified atom stereocenters. The third-order valence-corrected chi connectivity index (χ3v) is 4.75. The molecule has 1 aliphatic heterocycles. The van der Waals surface area contributed by atoms with Crippen molar-refractivity contribution in [2.75, 3.05) is 23.3 Å². The lowest BCUT2D eigenvalue weighted by atomic mass is 9.95. The summed E-state index contributed by atoms with van der Waals surface area (Å²) in [7, 11) is 0. The highest BCUT2D eigenvalue weighted by Gasteiger charge is 2.26. The van der Waals surface area contributed by atoms with E-state index in [2.05, 4.69) is 32.3 Å². The van der Waals surface area contributed by atoms with Gasteiger partial charge in [-0.25, -0.2) is 9.97 Å². The standard InChI is InChI=1S/C20H20N4O/c25-19(23-18-8-3-6-15-5-1-2-7-17(15)18)16-9-13-24(14-10-16)20-21-11-4-12-22-20/h1-8,11-12,16H,9-10,13-14H2,(H,23,25). The number of benzene rings is 2. The largest absolute Gasteiger partial charge is 0.341 e. The van der Waals surface area contributed by atoms with Crippen LogP contribution in [0.15, 0.2) is 60.9 Å². The van der Waals surface area contributed by atoms with Gasteiger partial charge in [-0.1, -0.05) is 36.4 Å². The summed E-state index contributed by atoms with van der Waals surface area (Å²) in [5.41, 5.74) is 0.886. The Kier molecular flexibility index (Phi) is 4.29. The van der Waals surface area contributed by atoms with Crippen molar-refractivity contribution in [3.05, 3.63) is 60.9 Å². The van der Waals surface area contributed by atoms with Crippen LogP contribution in [0.5, 0.6) is 0 Å². The van der Waals surface area contributed by atoms with E-state index >= 15 is 0 Å². The highest BCUT2D eigenvalue weighted by Crippen LogP contribution is 2.26. The molecule has 2 aromatic carbocycles. The van der Waals surface area contributed by atoms with Gasteiger partial charge in [-0.3, -0.25) is 4.79 Å². The van der Waals surface area contributed by atoms with Crippen LogP contribution in [0.3, 0.4) is 0 Å². The van der Waals surface area contributed by atoms with E-state index in [9.17, 15) is 4.79 Å². The summed E-state index contributed by atoms with van der Waals surface area (Å²) >= 11 is 0. The van der Waals surface area contributed by atoms with Crippen molar-refractivity contribution in [1.82, 2.24) is 9.97 Å². The zero-order valence-electron chi connectivity index (χ0n) is 13.9. The van der Waals surface area contributed by atoms with Crippen LogP contribution in [0.2, 0.25) is 0 Å². The highest BCUT2D eigenvalue weighted by molar-refractivity contribution is 6.02. The van der Waals surface area contributed by atoms with Gasteiger partial charge in [-0.05, 0) is 30.4 Å². The summed E-state index contributed by atoms with van der Waals surface area (Å²) in [5, 5.41) is 5.33. The van der Waals surface area contributed by atoms with Crippen LogP contribution in [0.1, 0.15) is 12.8 Å². The van der Waals surface area contributed by atoms with Crippen LogP contribution in [0.25, 0.3) is 10.8 Å². The summed E-state index contributed by atoms with van der Waals surface area (Å²) in [6, 6.07) is 15.9. The van der Waals surface area contributed by atoms with E-state index in [0.29, 0.717) is 0 Å². The van der Waals surface area contributed by atoms with E-state index in [0.717, 1.165) is 48.3 Å². The molecule has 1 amide bonds. The lowest BCUT2D eigenvalue weighted by molar-refractivity contribution is -0.120. The first-order valence-corrected chi connectivity index (χ1v) is 8.62. The maximum Gasteiger partial charge on any atom is 0.227 e. The predicted octanol–water partition coefficient (Wildman–Crippen LogP) is 3.48. The van der Waals surface area contributed by atoms with Gasteiger partial charge < -0.3 is 10.2 Å². The van der Waals surface area contributed by atoms with Crippen molar-refractivity contribution in [2.24, 2.45) is 5.92 Å². The minimum atomic E-state index is 0.0268. The molecule has 25 heavy (non-hydrogen) atoms. The number of fused-ring (bicyclic) bond motifs is 1. The molecule has 5 nitrogen and oxygen atoms in total. The Hall–Kier alpha value is -2.95. The number of nitrogens with zero attached hydrogens (tertiary/aromatic N) is 3. The van der Waals surface area contributed by atoms with Crippen LogP contribution in [-0.4, -0.2) is 29.0 Å². The maximum atomic E-state index is 12.7. The lowest BCUT2D eigenvalue weighted by Crippen LogP contribution is -2.39. The normalized spacial score (nSPS) is 15.3. The van der Waals surface area contributed by atoms with E-state index in [1.54, 1.807) is 12.4 Å². The number of rotatable bonds is 3. The van der Waals surface area contributed by atoms with Gasteiger partial charge in [0.15, 0.2) is 0 Å². The number of aromatic nitrogens is 2. The summed E-state index contributed by atoms with van der Waals surface area (Å²) in [6.07, 6.45) is 5.13. The average Bonchev–Trinajstić information content (AvgIpc) is 2.69. The summed E-state index contributed by atoms with van der Waals surface area (Å²) in [6.45, 7) is 1.61. The van der Waals surface area contributed by atoms with E-state index in [4.69, 9.17) is 0 Å². The van der Waals surface area contributed by atoms with Crippen molar-refractivity contribution >= 4 is 28.3 Å². The monoisotopic (exact) mass is 332 g/mol. The van der Waals surface area contributed by atoms with Gasteiger partial charge in [0.05, 0.1) is 0 Å². The molecule has 0 bridgehead atoms. The molecule has 1 fully saturated rings. The highest BCUT2D eigenvalue weighted by atomic mass is 16.1. The molecule has 4 rings (SSSR count). The molecule has 1 N–H and O–H groups in total. The van der Waals surface area contributed by atoms with E-state index < -0.39 is 0 Å². The van der Waals surface area contributed by atoms with Crippen molar-refractivity contribution in [1.29, 1.82) is 0 Å². The second-order valence-corrected chi connectivity index (χ2v) is 6.33. The molecular weight excluding hydrogens is 312 g/mol. The molecule has 1 saturated heterocycles. The fourth-order valence-electron chi connectivity index (χ4n) is 3.37. The fourth-order valence-corrected chi connectivity index (χ4v) is 3.37. The number of anilines is 2. The molecule has 0 aliphatic carbocycles. The minimum absolute atomic E-state index is 0.0268. The number of hydrogen-bond donors (Lipinski definition) is 1. The molecule has 0 saturated carbocycles. The maximum absolute atomic E-state index is 12.7. The molecule has 1 aliphatic rings. The minimum Gasteiger partial charge on any atom is -0.341 e.